The van der Waals surface area contributed by atoms with Gasteiger partial charge in [-0.15, -0.1) is 0 Å². The molecule has 1 aromatic heterocycles. The number of rotatable bonds is 5. The predicted molar refractivity (Wildman–Crippen MR) is 106 cm³/mol. The summed E-state index contributed by atoms with van der Waals surface area (Å²) < 4.78 is 1.32. The molecule has 0 saturated carbocycles. The van der Waals surface area contributed by atoms with Crippen molar-refractivity contribution in [3.63, 3.8) is 0 Å². The topological polar surface area (TPSA) is 127 Å². The van der Waals surface area contributed by atoms with E-state index in [0.717, 1.165) is 10.5 Å². The molecule has 1 aliphatic heterocycles. The summed E-state index contributed by atoms with van der Waals surface area (Å²) in [7, 11) is 0. The first kappa shape index (κ1) is 20.9. The molecule has 1 N–H and O–H groups in total. The monoisotopic (exact) mass is 411 g/mol. The van der Waals surface area contributed by atoms with E-state index < -0.39 is 28.8 Å². The van der Waals surface area contributed by atoms with Gasteiger partial charge in [-0.2, -0.15) is 0 Å². The van der Waals surface area contributed by atoms with E-state index in [0.29, 0.717) is 5.56 Å². The van der Waals surface area contributed by atoms with Gasteiger partial charge < -0.3 is 5.32 Å². The molecular weight excluding hydrogens is 390 g/mol. The van der Waals surface area contributed by atoms with Crippen LogP contribution in [-0.2, 0) is 14.4 Å². The molecule has 2 aromatic rings. The molecule has 1 aromatic carbocycles. The first-order valence-electron chi connectivity index (χ1n) is 9.28. The average Bonchev–Trinajstić information content (AvgIpc) is 3.12. The second-order valence-electron chi connectivity index (χ2n) is 7.25. The fourth-order valence-corrected chi connectivity index (χ4v) is 3.15. The Hall–Kier alpha value is -3.82. The zero-order valence-electron chi connectivity index (χ0n) is 16.7. The van der Waals surface area contributed by atoms with Crippen LogP contribution in [0.4, 0.5) is 0 Å². The zero-order valence-corrected chi connectivity index (χ0v) is 16.7. The largest absolute Gasteiger partial charge is 0.320 e. The van der Waals surface area contributed by atoms with Crippen molar-refractivity contribution in [1.82, 2.24) is 19.8 Å². The quantitative estimate of drug-likeness (QED) is 0.453. The van der Waals surface area contributed by atoms with E-state index in [4.69, 9.17) is 0 Å². The van der Waals surface area contributed by atoms with Gasteiger partial charge in [0, 0.05) is 18.7 Å². The maximum Gasteiger partial charge on any atom is 0.317 e. The number of hydrogen-bond donors (Lipinski definition) is 1. The number of amides is 3. The third-order valence-corrected chi connectivity index (χ3v) is 4.70. The molecule has 30 heavy (non-hydrogen) atoms. The molecular formula is C20H21N5O5. The lowest BCUT2D eigenvalue weighted by Gasteiger charge is -2.25. The minimum atomic E-state index is -1.20. The number of imidazole rings is 1. The van der Waals surface area contributed by atoms with Crippen molar-refractivity contribution in [2.45, 2.75) is 32.9 Å². The fourth-order valence-electron chi connectivity index (χ4n) is 3.15. The van der Waals surface area contributed by atoms with Gasteiger partial charge in [0.05, 0.1) is 10.6 Å². The van der Waals surface area contributed by atoms with E-state index in [-0.39, 0.29) is 23.9 Å². The molecule has 1 fully saturated rings. The third kappa shape index (κ3) is 4.27. The summed E-state index contributed by atoms with van der Waals surface area (Å²) in [6.07, 6.45) is 2.79. The highest BCUT2D eigenvalue weighted by molar-refractivity contribution is 6.12. The van der Waals surface area contributed by atoms with Crippen LogP contribution in [0.25, 0.3) is 6.08 Å². The first-order chi connectivity index (χ1) is 14.2. The van der Waals surface area contributed by atoms with Crippen LogP contribution in [0.2, 0.25) is 0 Å². The van der Waals surface area contributed by atoms with Crippen molar-refractivity contribution in [2.75, 3.05) is 6.54 Å². The average molecular weight is 411 g/mol. The van der Waals surface area contributed by atoms with E-state index in [2.05, 4.69) is 10.3 Å². The van der Waals surface area contributed by atoms with Crippen molar-refractivity contribution in [1.29, 1.82) is 0 Å². The highest BCUT2D eigenvalue weighted by atomic mass is 16.6. The van der Waals surface area contributed by atoms with Crippen LogP contribution < -0.4 is 5.32 Å². The Balaban J connectivity index is 1.94. The van der Waals surface area contributed by atoms with Crippen molar-refractivity contribution < 1.29 is 19.3 Å². The molecule has 0 spiro atoms. The van der Waals surface area contributed by atoms with Gasteiger partial charge in [0.1, 0.15) is 18.6 Å². The Kier molecular flexibility index (Phi) is 5.77. The summed E-state index contributed by atoms with van der Waals surface area (Å²) in [6, 6.07) is 7.14. The number of aromatic nitrogens is 2. The molecule has 3 amide bonds. The van der Waals surface area contributed by atoms with Crippen molar-refractivity contribution in [3.05, 3.63) is 69.4 Å². The Morgan fingerprint density at radius 3 is 2.63 bits per heavy atom. The van der Waals surface area contributed by atoms with E-state index in [1.807, 2.05) is 19.9 Å². The minimum Gasteiger partial charge on any atom is -0.320 e. The summed E-state index contributed by atoms with van der Waals surface area (Å²) in [5.41, 5.74) is 1.58. The number of carbonyl (C=O) groups excluding carboxylic acids is 3. The maximum atomic E-state index is 12.4. The minimum absolute atomic E-state index is 0.119. The molecule has 156 valence electrons. The number of benzene rings is 1. The van der Waals surface area contributed by atoms with Gasteiger partial charge in [0.25, 0.3) is 5.91 Å². The number of nitro groups is 1. The number of nitrogens with zero attached hydrogens (tertiary/aromatic N) is 4. The normalized spacial score (nSPS) is 16.7. The summed E-state index contributed by atoms with van der Waals surface area (Å²) in [4.78, 5) is 52.0. The Morgan fingerprint density at radius 2 is 2.00 bits per heavy atom. The molecule has 10 nitrogen and oxygen atoms in total. The molecule has 1 saturated heterocycles. The highest BCUT2D eigenvalue weighted by Crippen LogP contribution is 2.24. The number of carbonyl (C=O) groups is 3. The van der Waals surface area contributed by atoms with Crippen LogP contribution in [-0.4, -0.2) is 43.6 Å². The van der Waals surface area contributed by atoms with Gasteiger partial charge >= 0.3 is 6.17 Å². The molecule has 0 aliphatic carbocycles. The van der Waals surface area contributed by atoms with Crippen molar-refractivity contribution in [2.24, 2.45) is 0 Å². The van der Waals surface area contributed by atoms with Gasteiger partial charge in [-0.05, 0) is 23.6 Å². The van der Waals surface area contributed by atoms with Crippen LogP contribution in [0, 0.1) is 10.1 Å². The van der Waals surface area contributed by atoms with Crippen LogP contribution >= 0.6 is 0 Å². The lowest BCUT2D eigenvalue weighted by Crippen LogP contribution is -2.51. The molecule has 0 bridgehead atoms. The molecule has 3 rings (SSSR count). The van der Waals surface area contributed by atoms with Gasteiger partial charge in [-0.1, -0.05) is 32.0 Å². The van der Waals surface area contributed by atoms with Crippen LogP contribution in [0.1, 0.15) is 49.7 Å². The van der Waals surface area contributed by atoms with Crippen molar-refractivity contribution in [3.8, 4) is 0 Å². The smallest absolute Gasteiger partial charge is 0.317 e. The Labute approximate surface area is 172 Å². The van der Waals surface area contributed by atoms with Crippen molar-refractivity contribution >= 4 is 23.8 Å². The Bertz CT molecular complexity index is 1060. The van der Waals surface area contributed by atoms with Crippen LogP contribution in [0.15, 0.2) is 42.5 Å². The third-order valence-electron chi connectivity index (χ3n) is 4.70. The van der Waals surface area contributed by atoms with Gasteiger partial charge in [-0.25, -0.2) is 4.98 Å². The molecule has 1 atom stereocenters. The van der Waals surface area contributed by atoms with E-state index >= 15 is 0 Å². The lowest BCUT2D eigenvalue weighted by atomic mass is 10.00. The standard InChI is InChI=1S/C20H21N5O5/c1-12(2)14-5-4-6-15(7-14)19(25(29)30)23-9-16(21-11-23)8-17-20(28)24(13(3)26)10-18(27)22-17/h4-9,11-12,19H,10H2,1-3H3,(H,22,27)/b17-8-. The molecule has 0 radical (unpaired) electrons. The van der Waals surface area contributed by atoms with Gasteiger partial charge in [-0.3, -0.25) is 34.0 Å². The number of nitrogens with one attached hydrogen (secondary N) is 1. The predicted octanol–water partition coefficient (Wildman–Crippen LogP) is 1.68. The van der Waals surface area contributed by atoms with Crippen LogP contribution in [0.5, 0.6) is 0 Å². The number of piperazine rings is 1. The van der Waals surface area contributed by atoms with Crippen LogP contribution in [0.3, 0.4) is 0 Å². The summed E-state index contributed by atoms with van der Waals surface area (Å²) in [5.74, 6) is -1.51. The fraction of sp³-hybridized carbons (Fsp3) is 0.300. The first-order valence-corrected chi connectivity index (χ1v) is 9.28. The lowest BCUT2D eigenvalue weighted by molar-refractivity contribution is -0.535. The number of hydrogen-bond acceptors (Lipinski definition) is 6. The second-order valence-corrected chi connectivity index (χ2v) is 7.25. The summed E-state index contributed by atoms with van der Waals surface area (Å²) in [5, 5.41) is 14.2. The van der Waals surface area contributed by atoms with E-state index in [1.165, 1.54) is 30.1 Å². The van der Waals surface area contributed by atoms with E-state index in [1.54, 1.807) is 18.2 Å². The highest BCUT2D eigenvalue weighted by Gasteiger charge is 2.31. The maximum absolute atomic E-state index is 12.4. The molecule has 1 aliphatic rings. The summed E-state index contributed by atoms with van der Waals surface area (Å²) >= 11 is 0. The van der Waals surface area contributed by atoms with E-state index in [9.17, 15) is 24.5 Å². The van der Waals surface area contributed by atoms with Gasteiger partial charge in [0.2, 0.25) is 11.8 Å². The zero-order chi connectivity index (χ0) is 22.0. The van der Waals surface area contributed by atoms with Gasteiger partial charge in [0.15, 0.2) is 0 Å². The molecule has 2 heterocycles. The second kappa shape index (κ2) is 8.27. The Morgan fingerprint density at radius 1 is 1.30 bits per heavy atom. The number of imide groups is 1. The molecule has 1 unspecified atom stereocenters. The SMILES string of the molecule is CC(=O)N1CC(=O)N/C(=C\c2cn(C(c3cccc(C(C)C)c3)[N+](=O)[O-])cn2)C1=O. The molecule has 10 heteroatoms. The summed E-state index contributed by atoms with van der Waals surface area (Å²) in [6.45, 7) is 4.84.